The average Bonchev–Trinajstić information content (AvgIpc) is 2.56. The van der Waals surface area contributed by atoms with Crippen molar-refractivity contribution >= 4 is 21.7 Å². The van der Waals surface area contributed by atoms with Crippen LogP contribution in [0.3, 0.4) is 0 Å². The Morgan fingerprint density at radius 3 is 2.33 bits per heavy atom. The number of nitrogens with zero attached hydrogens (tertiary/aromatic N) is 1. The summed E-state index contributed by atoms with van der Waals surface area (Å²) >= 11 is 0. The van der Waals surface area contributed by atoms with E-state index in [2.05, 4.69) is 4.74 Å². The number of hydrogen-bond acceptors (Lipinski definition) is 5. The number of sulfonamides is 1. The molecule has 0 radical (unpaired) electrons. The zero-order chi connectivity index (χ0) is 17.9. The van der Waals surface area contributed by atoms with Crippen LogP contribution in [0.1, 0.15) is 15.9 Å². The van der Waals surface area contributed by atoms with E-state index in [0.29, 0.717) is 12.1 Å². The maximum absolute atomic E-state index is 13.8. The van der Waals surface area contributed by atoms with E-state index in [1.165, 1.54) is 12.1 Å². The van der Waals surface area contributed by atoms with Crippen molar-refractivity contribution in [2.24, 2.45) is 0 Å². The highest BCUT2D eigenvalue weighted by atomic mass is 32.2. The van der Waals surface area contributed by atoms with Crippen molar-refractivity contribution in [3.63, 3.8) is 0 Å². The molecule has 0 unspecified atom stereocenters. The third kappa shape index (κ3) is 3.49. The molecule has 0 atom stereocenters. The van der Waals surface area contributed by atoms with Gasteiger partial charge in [0.1, 0.15) is 11.6 Å². The van der Waals surface area contributed by atoms with Gasteiger partial charge in [-0.15, -0.1) is 0 Å². The van der Waals surface area contributed by atoms with Gasteiger partial charge in [-0.2, -0.15) is 5.26 Å². The molecule has 0 aliphatic rings. The molecule has 2 aromatic rings. The van der Waals surface area contributed by atoms with Crippen LogP contribution in [0, 0.1) is 23.0 Å². The molecule has 2 rings (SSSR count). The molecule has 6 nitrogen and oxygen atoms in total. The summed E-state index contributed by atoms with van der Waals surface area (Å²) in [4.78, 5) is 11.2. The maximum atomic E-state index is 13.8. The summed E-state index contributed by atoms with van der Waals surface area (Å²) in [6.07, 6.45) is 0. The summed E-state index contributed by atoms with van der Waals surface area (Å²) in [5.41, 5.74) is -0.979. The molecule has 0 bridgehead atoms. The number of hydrogen-bond donors (Lipinski definition) is 1. The Labute approximate surface area is 136 Å². The number of nitriles is 1. The van der Waals surface area contributed by atoms with Crippen LogP contribution in [-0.4, -0.2) is 21.5 Å². The van der Waals surface area contributed by atoms with E-state index in [0.717, 1.165) is 19.2 Å². The highest BCUT2D eigenvalue weighted by molar-refractivity contribution is 7.92. The molecular formula is C15H10F2N2O4S. The second-order valence-electron chi connectivity index (χ2n) is 4.55. The minimum Gasteiger partial charge on any atom is -0.465 e. The third-order valence-corrected chi connectivity index (χ3v) is 4.38. The molecule has 0 aromatic heterocycles. The van der Waals surface area contributed by atoms with Crippen molar-refractivity contribution in [3.05, 3.63) is 59.2 Å². The molecule has 24 heavy (non-hydrogen) atoms. The van der Waals surface area contributed by atoms with Crippen LogP contribution < -0.4 is 4.72 Å². The summed E-state index contributed by atoms with van der Waals surface area (Å²) in [6.45, 7) is 0. The second kappa shape index (κ2) is 6.64. The Bertz CT molecular complexity index is 935. The van der Waals surface area contributed by atoms with Gasteiger partial charge in [0.2, 0.25) is 0 Å². The first-order valence-corrected chi connectivity index (χ1v) is 7.87. The molecular weight excluding hydrogens is 342 g/mol. The first-order chi connectivity index (χ1) is 11.3. The van der Waals surface area contributed by atoms with E-state index in [-0.39, 0.29) is 10.5 Å². The van der Waals surface area contributed by atoms with Gasteiger partial charge in [0.15, 0.2) is 0 Å². The summed E-state index contributed by atoms with van der Waals surface area (Å²) in [5.74, 6) is -3.45. The summed E-state index contributed by atoms with van der Waals surface area (Å²) in [7, 11) is -3.19. The predicted octanol–water partition coefficient (Wildman–Crippen LogP) is 2.42. The fraction of sp³-hybridized carbons (Fsp3) is 0.0667. The topological polar surface area (TPSA) is 96.3 Å². The molecule has 0 fully saturated rings. The Kier molecular flexibility index (Phi) is 4.80. The lowest BCUT2D eigenvalue weighted by Gasteiger charge is -2.11. The quantitative estimate of drug-likeness (QED) is 0.853. The maximum Gasteiger partial charge on any atom is 0.340 e. The molecule has 1 N–H and O–H groups in total. The highest BCUT2D eigenvalue weighted by Gasteiger charge is 2.21. The molecule has 2 aromatic carbocycles. The van der Waals surface area contributed by atoms with Gasteiger partial charge in [0, 0.05) is 6.07 Å². The van der Waals surface area contributed by atoms with Gasteiger partial charge in [0.25, 0.3) is 10.0 Å². The highest BCUT2D eigenvalue weighted by Crippen LogP contribution is 2.23. The molecule has 9 heteroatoms. The Morgan fingerprint density at radius 2 is 1.79 bits per heavy atom. The molecule has 0 saturated carbocycles. The summed E-state index contributed by atoms with van der Waals surface area (Å²) in [5, 5.41) is 8.69. The van der Waals surface area contributed by atoms with Crippen LogP contribution in [-0.2, 0) is 14.8 Å². The lowest BCUT2D eigenvalue weighted by Crippen LogP contribution is -2.15. The molecule has 124 valence electrons. The summed E-state index contributed by atoms with van der Waals surface area (Å²) in [6, 6.07) is 7.77. The first kappa shape index (κ1) is 17.4. The van der Waals surface area contributed by atoms with E-state index >= 15 is 0 Å². The van der Waals surface area contributed by atoms with Crippen LogP contribution in [0.2, 0.25) is 0 Å². The molecule has 0 amide bonds. The van der Waals surface area contributed by atoms with Crippen molar-refractivity contribution in [2.45, 2.75) is 4.90 Å². The van der Waals surface area contributed by atoms with Crippen LogP contribution in [0.25, 0.3) is 0 Å². The van der Waals surface area contributed by atoms with Gasteiger partial charge in [-0.25, -0.2) is 22.0 Å². The Hall–Kier alpha value is -2.99. The number of benzene rings is 2. The van der Waals surface area contributed by atoms with Crippen LogP contribution >= 0.6 is 0 Å². The third-order valence-electron chi connectivity index (χ3n) is 3.00. The fourth-order valence-electron chi connectivity index (χ4n) is 1.81. The van der Waals surface area contributed by atoms with Crippen LogP contribution in [0.15, 0.2) is 41.3 Å². The summed E-state index contributed by atoms with van der Waals surface area (Å²) < 4.78 is 58.1. The Balaban J connectivity index is 2.42. The number of nitrogens with one attached hydrogen (secondary N) is 1. The predicted molar refractivity (Wildman–Crippen MR) is 79.7 cm³/mol. The first-order valence-electron chi connectivity index (χ1n) is 6.39. The normalized spacial score (nSPS) is 10.8. The fourth-order valence-corrected chi connectivity index (χ4v) is 2.86. The lowest BCUT2D eigenvalue weighted by atomic mass is 10.2. The van der Waals surface area contributed by atoms with Gasteiger partial charge in [0.05, 0.1) is 34.9 Å². The standard InChI is InChI=1S/C15H10F2N2O4S/c1-23-15(20)11-6-14(13(17)7-12(11)16)19-24(21,22)10-4-2-9(8-18)3-5-10/h2-7,19H,1H3. The molecule has 0 aliphatic heterocycles. The van der Waals surface area contributed by atoms with Gasteiger partial charge in [-0.05, 0) is 30.3 Å². The Morgan fingerprint density at radius 1 is 1.17 bits per heavy atom. The molecule has 0 heterocycles. The number of rotatable bonds is 4. The lowest BCUT2D eigenvalue weighted by molar-refractivity contribution is 0.0595. The van der Waals surface area contributed by atoms with E-state index in [1.807, 2.05) is 10.8 Å². The van der Waals surface area contributed by atoms with E-state index in [4.69, 9.17) is 5.26 Å². The van der Waals surface area contributed by atoms with Gasteiger partial charge >= 0.3 is 5.97 Å². The van der Waals surface area contributed by atoms with Crippen molar-refractivity contribution in [1.82, 2.24) is 0 Å². The van der Waals surface area contributed by atoms with Crippen molar-refractivity contribution in [2.75, 3.05) is 11.8 Å². The van der Waals surface area contributed by atoms with Crippen LogP contribution in [0.5, 0.6) is 0 Å². The minimum atomic E-state index is -4.20. The van der Waals surface area contributed by atoms with Gasteiger partial charge < -0.3 is 4.74 Å². The van der Waals surface area contributed by atoms with Crippen molar-refractivity contribution in [3.8, 4) is 6.07 Å². The largest absolute Gasteiger partial charge is 0.465 e. The average molecular weight is 352 g/mol. The zero-order valence-electron chi connectivity index (χ0n) is 12.2. The SMILES string of the molecule is COC(=O)c1cc(NS(=O)(=O)c2ccc(C#N)cc2)c(F)cc1F. The number of ether oxygens (including phenoxy) is 1. The van der Waals surface area contributed by atoms with E-state index in [1.54, 1.807) is 0 Å². The van der Waals surface area contributed by atoms with E-state index < -0.39 is 38.9 Å². The van der Waals surface area contributed by atoms with Crippen molar-refractivity contribution < 1.29 is 26.7 Å². The van der Waals surface area contributed by atoms with Gasteiger partial charge in [-0.1, -0.05) is 0 Å². The van der Waals surface area contributed by atoms with Crippen molar-refractivity contribution in [1.29, 1.82) is 5.26 Å². The van der Waals surface area contributed by atoms with Crippen LogP contribution in [0.4, 0.5) is 14.5 Å². The number of methoxy groups -OCH3 is 1. The number of carbonyl (C=O) groups is 1. The minimum absolute atomic E-state index is 0.232. The second-order valence-corrected chi connectivity index (χ2v) is 6.23. The number of anilines is 1. The number of esters is 1. The zero-order valence-corrected chi connectivity index (χ0v) is 13.0. The van der Waals surface area contributed by atoms with Gasteiger partial charge in [-0.3, -0.25) is 4.72 Å². The van der Waals surface area contributed by atoms with E-state index in [9.17, 15) is 22.0 Å². The smallest absolute Gasteiger partial charge is 0.340 e. The number of carbonyl (C=O) groups excluding carboxylic acids is 1. The number of halogens is 2. The molecule has 0 spiro atoms. The molecule has 0 aliphatic carbocycles. The monoisotopic (exact) mass is 352 g/mol. The molecule has 0 saturated heterocycles.